The molecule has 98 valence electrons. The Morgan fingerprint density at radius 3 is 2.53 bits per heavy atom. The number of rotatable bonds is 1. The van der Waals surface area contributed by atoms with Crippen molar-refractivity contribution in [1.82, 2.24) is 0 Å². The largest absolute Gasteiger partial charge is 0.325 e. The van der Waals surface area contributed by atoms with Crippen LogP contribution in [-0.4, -0.2) is 11.1 Å². The van der Waals surface area contributed by atoms with E-state index >= 15 is 0 Å². The summed E-state index contributed by atoms with van der Waals surface area (Å²) in [5.41, 5.74) is 13.6. The van der Waals surface area contributed by atoms with Crippen LogP contribution in [0.1, 0.15) is 52.9 Å². The molecule has 7 atom stereocenters. The van der Waals surface area contributed by atoms with Crippen LogP contribution in [-0.2, 0) is 0 Å². The Balaban J connectivity index is 2.01. The van der Waals surface area contributed by atoms with Crippen LogP contribution in [0.5, 0.6) is 0 Å². The van der Waals surface area contributed by atoms with E-state index in [-0.39, 0.29) is 11.1 Å². The molecule has 3 unspecified atom stereocenters. The van der Waals surface area contributed by atoms with Crippen molar-refractivity contribution >= 4 is 0 Å². The zero-order valence-corrected chi connectivity index (χ0v) is 11.6. The Kier molecular flexibility index (Phi) is 2.45. The Morgan fingerprint density at radius 2 is 1.94 bits per heavy atom. The van der Waals surface area contributed by atoms with Gasteiger partial charge in [0.15, 0.2) is 0 Å². The van der Waals surface area contributed by atoms with Gasteiger partial charge in [-0.3, -0.25) is 0 Å². The van der Waals surface area contributed by atoms with Gasteiger partial charge in [-0.25, -0.2) is 0 Å². The lowest BCUT2D eigenvalue weighted by Gasteiger charge is -2.52. The quantitative estimate of drug-likeness (QED) is 0.735. The molecule has 4 saturated carbocycles. The zero-order valence-electron chi connectivity index (χ0n) is 11.6. The number of hydrogen-bond donors (Lipinski definition) is 2. The number of hydrogen-bond acceptors (Lipinski definition) is 2. The molecule has 0 aromatic carbocycles. The number of nitrogens with two attached hydrogens (primary N) is 2. The van der Waals surface area contributed by atoms with Gasteiger partial charge in [-0.1, -0.05) is 20.3 Å². The molecule has 2 nitrogen and oxygen atoms in total. The van der Waals surface area contributed by atoms with Crippen LogP contribution >= 0.6 is 0 Å². The second-order valence-corrected chi connectivity index (χ2v) is 7.41. The van der Waals surface area contributed by atoms with E-state index in [9.17, 15) is 0 Å². The second-order valence-electron chi connectivity index (χ2n) is 7.41. The highest BCUT2D eigenvalue weighted by Gasteiger charge is 2.64. The fourth-order valence-electron chi connectivity index (χ4n) is 5.65. The smallest absolute Gasteiger partial charge is 0.0260 e. The minimum atomic E-state index is -0.0212. The summed E-state index contributed by atoms with van der Waals surface area (Å²) in [5, 5.41) is 0. The maximum absolute atomic E-state index is 6.99. The van der Waals surface area contributed by atoms with E-state index in [1.54, 1.807) is 0 Å². The molecule has 4 N–H and O–H groups in total. The molecule has 2 bridgehead atoms. The molecule has 0 aliphatic heterocycles. The van der Waals surface area contributed by atoms with Gasteiger partial charge in [-0.2, -0.15) is 0 Å². The summed E-state index contributed by atoms with van der Waals surface area (Å²) >= 11 is 0. The third-order valence-electron chi connectivity index (χ3n) is 6.69. The Morgan fingerprint density at radius 1 is 1.24 bits per heavy atom. The molecule has 4 rings (SSSR count). The third kappa shape index (κ3) is 1.34. The van der Waals surface area contributed by atoms with Gasteiger partial charge in [0.1, 0.15) is 0 Å². The SMILES string of the molecule is CC[C@H]1C[C@](C)(N)C2CCC3C[C@@H]([C@H]3C)C21N. The Hall–Kier alpha value is -0.0800. The molecule has 0 saturated heterocycles. The highest BCUT2D eigenvalue weighted by molar-refractivity contribution is 5.20. The van der Waals surface area contributed by atoms with Crippen LogP contribution < -0.4 is 11.5 Å². The van der Waals surface area contributed by atoms with Crippen LogP contribution in [0.25, 0.3) is 0 Å². The van der Waals surface area contributed by atoms with Crippen molar-refractivity contribution in [2.45, 2.75) is 64.0 Å². The first-order valence-electron chi connectivity index (χ1n) is 7.49. The predicted molar refractivity (Wildman–Crippen MR) is 71.4 cm³/mol. The highest BCUT2D eigenvalue weighted by Crippen LogP contribution is 2.62. The van der Waals surface area contributed by atoms with Crippen molar-refractivity contribution in [3.63, 3.8) is 0 Å². The molecule has 0 radical (unpaired) electrons. The third-order valence-corrected chi connectivity index (χ3v) is 6.69. The van der Waals surface area contributed by atoms with Gasteiger partial charge in [0, 0.05) is 11.1 Å². The average molecular weight is 236 g/mol. The first-order chi connectivity index (χ1) is 7.91. The zero-order chi connectivity index (χ0) is 12.4. The van der Waals surface area contributed by atoms with Crippen molar-refractivity contribution in [2.75, 3.05) is 0 Å². The van der Waals surface area contributed by atoms with Crippen LogP contribution in [0.4, 0.5) is 0 Å². The first kappa shape index (κ1) is 12.0. The van der Waals surface area contributed by atoms with Crippen molar-refractivity contribution in [3.05, 3.63) is 0 Å². The maximum atomic E-state index is 6.99. The summed E-state index contributed by atoms with van der Waals surface area (Å²) in [6, 6.07) is 0. The van der Waals surface area contributed by atoms with Gasteiger partial charge in [0.2, 0.25) is 0 Å². The standard InChI is InChI=1S/C15H28N2/c1-4-11-8-14(3,16)13-6-5-10-7-12(9(10)2)15(11,13)17/h9-13H,4-8,16-17H2,1-3H3/t9-,10?,11-,12-,13?,14-,15?/m0/s1. The lowest BCUT2D eigenvalue weighted by molar-refractivity contribution is 0.00494. The van der Waals surface area contributed by atoms with E-state index in [0.29, 0.717) is 11.8 Å². The average Bonchev–Trinajstić information content (AvgIpc) is 2.43. The van der Waals surface area contributed by atoms with E-state index < -0.39 is 0 Å². The number of fused-ring (bicyclic) bond motifs is 1. The minimum absolute atomic E-state index is 0.0212. The summed E-state index contributed by atoms with van der Waals surface area (Å²) < 4.78 is 0. The molecular formula is C15H28N2. The van der Waals surface area contributed by atoms with E-state index in [0.717, 1.165) is 24.2 Å². The summed E-state index contributed by atoms with van der Waals surface area (Å²) in [7, 11) is 0. The van der Waals surface area contributed by atoms with Gasteiger partial charge >= 0.3 is 0 Å². The summed E-state index contributed by atoms with van der Waals surface area (Å²) in [6.07, 6.45) is 6.35. The van der Waals surface area contributed by atoms with Crippen LogP contribution in [0.2, 0.25) is 0 Å². The molecule has 4 aliphatic rings. The topological polar surface area (TPSA) is 52.0 Å². The lowest BCUT2D eigenvalue weighted by atomic mass is 9.56. The molecule has 4 fully saturated rings. The summed E-state index contributed by atoms with van der Waals surface area (Å²) in [6.45, 7) is 6.97. The fourth-order valence-corrected chi connectivity index (χ4v) is 5.65. The van der Waals surface area contributed by atoms with E-state index in [1.807, 2.05) is 0 Å². The van der Waals surface area contributed by atoms with E-state index in [2.05, 4.69) is 20.8 Å². The van der Waals surface area contributed by atoms with E-state index in [1.165, 1.54) is 25.7 Å². The van der Waals surface area contributed by atoms with Gasteiger partial charge in [-0.05, 0) is 62.2 Å². The monoisotopic (exact) mass is 236 g/mol. The molecule has 0 aromatic heterocycles. The fraction of sp³-hybridized carbons (Fsp3) is 1.00. The van der Waals surface area contributed by atoms with Gasteiger partial charge in [0.25, 0.3) is 0 Å². The van der Waals surface area contributed by atoms with Crippen molar-refractivity contribution < 1.29 is 0 Å². The molecule has 0 amide bonds. The van der Waals surface area contributed by atoms with Crippen LogP contribution in [0.15, 0.2) is 0 Å². The normalized spacial score (nSPS) is 61.6. The van der Waals surface area contributed by atoms with Gasteiger partial charge < -0.3 is 11.5 Å². The van der Waals surface area contributed by atoms with Crippen LogP contribution in [0, 0.1) is 29.6 Å². The lowest BCUT2D eigenvalue weighted by Crippen LogP contribution is -2.62. The van der Waals surface area contributed by atoms with Gasteiger partial charge in [0.05, 0.1) is 0 Å². The molecule has 2 heteroatoms. The molecule has 0 spiro atoms. The molecule has 0 aromatic rings. The van der Waals surface area contributed by atoms with E-state index in [4.69, 9.17) is 11.5 Å². The molecular weight excluding hydrogens is 208 g/mol. The van der Waals surface area contributed by atoms with Crippen molar-refractivity contribution in [3.8, 4) is 0 Å². The summed E-state index contributed by atoms with van der Waals surface area (Å²) in [4.78, 5) is 0. The van der Waals surface area contributed by atoms with Crippen molar-refractivity contribution in [1.29, 1.82) is 0 Å². The second kappa shape index (κ2) is 3.48. The van der Waals surface area contributed by atoms with Crippen LogP contribution in [0.3, 0.4) is 0 Å². The molecule has 0 heterocycles. The maximum Gasteiger partial charge on any atom is 0.0260 e. The highest BCUT2D eigenvalue weighted by atomic mass is 14.9. The van der Waals surface area contributed by atoms with Crippen molar-refractivity contribution in [2.24, 2.45) is 41.1 Å². The molecule has 17 heavy (non-hydrogen) atoms. The van der Waals surface area contributed by atoms with Gasteiger partial charge in [-0.15, -0.1) is 0 Å². The predicted octanol–water partition coefficient (Wildman–Crippen LogP) is 2.51. The summed E-state index contributed by atoms with van der Waals surface area (Å²) in [5.74, 6) is 3.73. The Bertz CT molecular complexity index is 321. The first-order valence-corrected chi connectivity index (χ1v) is 7.49. The minimum Gasteiger partial charge on any atom is -0.325 e. The Labute approximate surface area is 106 Å². The molecule has 4 aliphatic carbocycles.